The maximum atomic E-state index is 2.54. The molecule has 2 spiro atoms. The Balaban J connectivity index is 1.10. The molecule has 312 valence electrons. The van der Waals surface area contributed by atoms with Crippen LogP contribution in [0.5, 0.6) is 0 Å². The molecule has 3 aliphatic rings. The van der Waals surface area contributed by atoms with Crippen LogP contribution in [-0.2, 0) is 10.8 Å². The van der Waals surface area contributed by atoms with E-state index in [-0.39, 0.29) is 0 Å². The summed E-state index contributed by atoms with van der Waals surface area (Å²) in [6, 6.07) is 97.8. The summed E-state index contributed by atoms with van der Waals surface area (Å²) in [6.45, 7) is 0. The summed E-state index contributed by atoms with van der Waals surface area (Å²) in [6.07, 6.45) is 0. The molecule has 14 rings (SSSR count). The Bertz CT molecular complexity index is 3660. The van der Waals surface area contributed by atoms with Gasteiger partial charge in [-0.2, -0.15) is 0 Å². The molecule has 0 N–H and O–H groups in total. The number of hydrogen-bond donors (Lipinski definition) is 0. The summed E-state index contributed by atoms with van der Waals surface area (Å²) < 4.78 is 0. The lowest BCUT2D eigenvalue weighted by molar-refractivity contribution is 0.633. The van der Waals surface area contributed by atoms with Crippen molar-refractivity contribution in [3.8, 4) is 44.5 Å². The molecule has 3 aliphatic carbocycles. The Kier molecular flexibility index (Phi) is 8.18. The zero-order valence-corrected chi connectivity index (χ0v) is 36.8. The molecular weight excluding hydrogens is 807 g/mol. The fraction of sp³-hybridized carbons (Fsp3) is 0.0303. The van der Waals surface area contributed by atoms with Gasteiger partial charge in [0.15, 0.2) is 0 Å². The fourth-order valence-electron chi connectivity index (χ4n) is 12.5. The van der Waals surface area contributed by atoms with Gasteiger partial charge in [-0.05, 0) is 131 Å². The number of hydrogen-bond acceptors (Lipinski definition) is 1. The second kappa shape index (κ2) is 14.5. The number of fused-ring (bicyclic) bond motifs is 17. The van der Waals surface area contributed by atoms with E-state index in [0.29, 0.717) is 0 Å². The van der Waals surface area contributed by atoms with Crippen LogP contribution in [0.15, 0.2) is 261 Å². The molecule has 0 heterocycles. The van der Waals surface area contributed by atoms with E-state index in [1.807, 2.05) is 0 Å². The highest BCUT2D eigenvalue weighted by molar-refractivity contribution is 5.97. The second-order valence-corrected chi connectivity index (χ2v) is 18.3. The summed E-state index contributed by atoms with van der Waals surface area (Å²) in [4.78, 5) is 2.54. The number of nitrogens with zero attached hydrogens (tertiary/aromatic N) is 1. The second-order valence-electron chi connectivity index (χ2n) is 18.3. The van der Waals surface area contributed by atoms with Crippen LogP contribution in [0, 0.1) is 0 Å². The molecule has 0 aliphatic heterocycles. The Morgan fingerprint density at radius 3 is 1.18 bits per heavy atom. The van der Waals surface area contributed by atoms with Gasteiger partial charge in [0.1, 0.15) is 0 Å². The van der Waals surface area contributed by atoms with Crippen molar-refractivity contribution >= 4 is 27.8 Å². The SMILES string of the molecule is c1ccc(-c2ccc(N(c3ccc(-c4ccc5ccccc5c4)cc3)c3cccc4c3C3(c5ccccc5-c5ccccc53)c3ccccc3C43c4ccccc4-c4ccccc43)cc2)cc1. The minimum Gasteiger partial charge on any atom is -0.310 e. The molecule has 0 radical (unpaired) electrons. The lowest BCUT2D eigenvalue weighted by atomic mass is 9.52. The number of benzene rings is 11. The molecule has 11 aromatic rings. The van der Waals surface area contributed by atoms with Gasteiger partial charge in [-0.3, -0.25) is 0 Å². The van der Waals surface area contributed by atoms with Gasteiger partial charge in [-0.15, -0.1) is 0 Å². The summed E-state index contributed by atoms with van der Waals surface area (Å²) in [7, 11) is 0. The third kappa shape index (κ3) is 5.20. The predicted octanol–water partition coefficient (Wildman–Crippen LogP) is 16.7. The van der Waals surface area contributed by atoms with Crippen molar-refractivity contribution in [1.82, 2.24) is 0 Å². The molecule has 0 fully saturated rings. The molecule has 0 amide bonds. The average Bonchev–Trinajstić information content (AvgIpc) is 3.87. The maximum absolute atomic E-state index is 2.54. The van der Waals surface area contributed by atoms with Crippen molar-refractivity contribution in [1.29, 1.82) is 0 Å². The molecule has 1 nitrogen and oxygen atoms in total. The van der Waals surface area contributed by atoms with E-state index >= 15 is 0 Å². The van der Waals surface area contributed by atoms with Crippen LogP contribution in [-0.4, -0.2) is 0 Å². The highest BCUT2D eigenvalue weighted by Gasteiger charge is 2.60. The van der Waals surface area contributed by atoms with Crippen LogP contribution in [0.4, 0.5) is 17.1 Å². The van der Waals surface area contributed by atoms with E-state index < -0.39 is 10.8 Å². The van der Waals surface area contributed by atoms with E-state index in [2.05, 4.69) is 266 Å². The van der Waals surface area contributed by atoms with Gasteiger partial charge >= 0.3 is 0 Å². The van der Waals surface area contributed by atoms with Crippen LogP contribution in [0.1, 0.15) is 44.5 Å². The zero-order chi connectivity index (χ0) is 44.1. The molecule has 0 saturated carbocycles. The molecule has 0 saturated heterocycles. The lowest BCUT2D eigenvalue weighted by Crippen LogP contribution is -2.44. The molecule has 67 heavy (non-hydrogen) atoms. The Morgan fingerprint density at radius 2 is 0.627 bits per heavy atom. The first-order valence-electron chi connectivity index (χ1n) is 23.4. The fourth-order valence-corrected chi connectivity index (χ4v) is 12.5. The van der Waals surface area contributed by atoms with Crippen molar-refractivity contribution in [3.05, 3.63) is 305 Å². The van der Waals surface area contributed by atoms with Gasteiger partial charge in [0.25, 0.3) is 0 Å². The van der Waals surface area contributed by atoms with E-state index in [1.54, 1.807) is 0 Å². The van der Waals surface area contributed by atoms with Gasteiger partial charge in [-0.1, -0.05) is 224 Å². The first kappa shape index (κ1) is 37.8. The first-order valence-corrected chi connectivity index (χ1v) is 23.4. The van der Waals surface area contributed by atoms with Gasteiger partial charge in [-0.25, -0.2) is 0 Å². The quantitative estimate of drug-likeness (QED) is 0.167. The van der Waals surface area contributed by atoms with Crippen LogP contribution >= 0.6 is 0 Å². The minimum absolute atomic E-state index is 0.588. The Morgan fingerprint density at radius 1 is 0.239 bits per heavy atom. The zero-order valence-electron chi connectivity index (χ0n) is 36.8. The van der Waals surface area contributed by atoms with Gasteiger partial charge in [0.05, 0.1) is 16.5 Å². The summed E-state index contributed by atoms with van der Waals surface area (Å²) in [5.74, 6) is 0. The van der Waals surface area contributed by atoms with E-state index in [0.717, 1.165) is 17.1 Å². The molecular formula is C66H43N. The highest BCUT2D eigenvalue weighted by Crippen LogP contribution is 2.69. The van der Waals surface area contributed by atoms with E-state index in [1.165, 1.54) is 99.8 Å². The maximum Gasteiger partial charge on any atom is 0.0740 e. The average molecular weight is 850 g/mol. The van der Waals surface area contributed by atoms with Crippen molar-refractivity contribution < 1.29 is 0 Å². The summed E-state index contributed by atoms with van der Waals surface area (Å²) in [5.41, 5.74) is 22.6. The van der Waals surface area contributed by atoms with Crippen molar-refractivity contribution in [2.24, 2.45) is 0 Å². The first-order chi connectivity index (χ1) is 33.2. The van der Waals surface area contributed by atoms with Crippen molar-refractivity contribution in [2.75, 3.05) is 4.90 Å². The minimum atomic E-state index is -0.652. The third-order valence-electron chi connectivity index (χ3n) is 15.1. The normalized spacial score (nSPS) is 13.9. The summed E-state index contributed by atoms with van der Waals surface area (Å²) in [5, 5.41) is 2.49. The number of rotatable bonds is 5. The molecule has 0 unspecified atom stereocenters. The van der Waals surface area contributed by atoms with Crippen LogP contribution in [0.2, 0.25) is 0 Å². The van der Waals surface area contributed by atoms with Gasteiger partial charge in [0, 0.05) is 16.9 Å². The topological polar surface area (TPSA) is 3.24 Å². The molecule has 0 aromatic heterocycles. The van der Waals surface area contributed by atoms with E-state index in [9.17, 15) is 0 Å². The highest BCUT2D eigenvalue weighted by atomic mass is 15.1. The van der Waals surface area contributed by atoms with Crippen LogP contribution < -0.4 is 4.90 Å². The third-order valence-corrected chi connectivity index (χ3v) is 15.1. The van der Waals surface area contributed by atoms with Crippen molar-refractivity contribution in [3.63, 3.8) is 0 Å². The molecule has 0 atom stereocenters. The van der Waals surface area contributed by atoms with Gasteiger partial charge in [0.2, 0.25) is 0 Å². The van der Waals surface area contributed by atoms with Crippen LogP contribution in [0.3, 0.4) is 0 Å². The standard InChI is InChI=1S/C66H43N/c1-2-17-44(18-3-1)46-35-39-50(40-36-46)67(51-41-37-47(38-42-51)49-34-33-45-19-4-5-20-48(45)43-49)63-32-16-31-62-64(63)66(58-27-12-8-23-54(58)55-24-9-13-28-59(55)66)61-30-15-14-29-60(61)65(62)56-25-10-6-21-52(56)53-22-7-11-26-57(53)65/h1-43H. The molecule has 1 heteroatoms. The van der Waals surface area contributed by atoms with Crippen molar-refractivity contribution in [2.45, 2.75) is 10.8 Å². The predicted molar refractivity (Wildman–Crippen MR) is 278 cm³/mol. The number of anilines is 3. The monoisotopic (exact) mass is 849 g/mol. The van der Waals surface area contributed by atoms with Gasteiger partial charge < -0.3 is 4.90 Å². The Labute approximate surface area is 391 Å². The lowest BCUT2D eigenvalue weighted by Gasteiger charge is -2.50. The smallest absolute Gasteiger partial charge is 0.0740 e. The molecule has 11 aromatic carbocycles. The molecule has 0 bridgehead atoms. The van der Waals surface area contributed by atoms with E-state index in [4.69, 9.17) is 0 Å². The summed E-state index contributed by atoms with van der Waals surface area (Å²) >= 11 is 0. The Hall–Kier alpha value is -8.52. The largest absolute Gasteiger partial charge is 0.310 e. The van der Waals surface area contributed by atoms with Crippen LogP contribution in [0.25, 0.3) is 55.3 Å².